The topological polar surface area (TPSA) is 51.1 Å². The van der Waals surface area contributed by atoms with Crippen molar-refractivity contribution in [3.63, 3.8) is 0 Å². The fourth-order valence-corrected chi connectivity index (χ4v) is 2.36. The van der Waals surface area contributed by atoms with Crippen LogP contribution in [0.2, 0.25) is 0 Å². The fraction of sp³-hybridized carbons (Fsp3) is 0.200. The van der Waals surface area contributed by atoms with E-state index in [0.717, 1.165) is 13.0 Å². The van der Waals surface area contributed by atoms with Gasteiger partial charge in [0.1, 0.15) is 5.82 Å². The van der Waals surface area contributed by atoms with Gasteiger partial charge in [-0.05, 0) is 12.5 Å². The zero-order chi connectivity index (χ0) is 13.2. The van der Waals surface area contributed by atoms with Crippen molar-refractivity contribution < 1.29 is 4.79 Å². The lowest BCUT2D eigenvalue weighted by molar-refractivity contribution is 0.103. The number of nitrogens with zero attached hydrogens (tertiary/aromatic N) is 1. The Hall–Kier alpha value is -2.36. The Bertz CT molecular complexity index is 674. The van der Waals surface area contributed by atoms with Crippen LogP contribution in [0.5, 0.6) is 0 Å². The number of hydrogen-bond acceptors (Lipinski definition) is 3. The molecule has 0 saturated heterocycles. The number of aromatic nitrogens is 1. The minimum atomic E-state index is -0.0631. The van der Waals surface area contributed by atoms with Gasteiger partial charge >= 0.3 is 0 Å². The minimum Gasteiger partial charge on any atom is -0.371 e. The average molecular weight is 254 g/mol. The zero-order valence-electron chi connectivity index (χ0n) is 10.4. The Balaban J connectivity index is 2.11. The molecule has 0 aliphatic carbocycles. The van der Waals surface area contributed by atoms with Crippen molar-refractivity contribution in [1.29, 1.82) is 0 Å². The highest BCUT2D eigenvalue weighted by atomic mass is 16.1. The second kappa shape index (κ2) is 4.72. The lowest BCUT2D eigenvalue weighted by atomic mass is 10.0. The van der Waals surface area contributed by atoms with Gasteiger partial charge in [-0.2, -0.15) is 0 Å². The molecule has 19 heavy (non-hydrogen) atoms. The SMILES string of the molecule is O=C(c1ccccc1)c1ccc(=O)n2c1NCCC2. The summed E-state index contributed by atoms with van der Waals surface area (Å²) in [5.41, 5.74) is 1.13. The van der Waals surface area contributed by atoms with Crippen LogP contribution in [0.15, 0.2) is 47.3 Å². The molecule has 0 spiro atoms. The molecule has 1 aliphatic heterocycles. The van der Waals surface area contributed by atoms with Crippen LogP contribution in [0.25, 0.3) is 0 Å². The first-order valence-electron chi connectivity index (χ1n) is 6.35. The number of benzene rings is 1. The predicted octanol–water partition coefficient (Wildman–Crippen LogP) is 1.89. The first kappa shape index (κ1) is 11.7. The summed E-state index contributed by atoms with van der Waals surface area (Å²) in [5, 5.41) is 3.16. The van der Waals surface area contributed by atoms with Crippen molar-refractivity contribution in [2.24, 2.45) is 0 Å². The van der Waals surface area contributed by atoms with Crippen LogP contribution in [-0.2, 0) is 6.54 Å². The second-order valence-corrected chi connectivity index (χ2v) is 4.56. The molecular weight excluding hydrogens is 240 g/mol. The maximum Gasteiger partial charge on any atom is 0.252 e. The van der Waals surface area contributed by atoms with Crippen molar-refractivity contribution in [2.75, 3.05) is 11.9 Å². The van der Waals surface area contributed by atoms with Crippen molar-refractivity contribution in [2.45, 2.75) is 13.0 Å². The van der Waals surface area contributed by atoms with Crippen molar-refractivity contribution in [3.8, 4) is 0 Å². The van der Waals surface area contributed by atoms with Gasteiger partial charge in [-0.3, -0.25) is 14.2 Å². The summed E-state index contributed by atoms with van der Waals surface area (Å²) in [5.74, 6) is 0.589. The van der Waals surface area contributed by atoms with Gasteiger partial charge in [0.2, 0.25) is 0 Å². The standard InChI is InChI=1S/C15H14N2O2/c18-13-8-7-12(15-16-9-4-10-17(13)15)14(19)11-5-2-1-3-6-11/h1-3,5-8,16H,4,9-10H2. The highest BCUT2D eigenvalue weighted by Gasteiger charge is 2.19. The third kappa shape index (κ3) is 2.05. The molecule has 3 rings (SSSR count). The number of carbonyl (C=O) groups excluding carboxylic acids is 1. The normalized spacial score (nSPS) is 13.5. The van der Waals surface area contributed by atoms with Crippen LogP contribution in [0, 0.1) is 0 Å². The number of rotatable bonds is 2. The van der Waals surface area contributed by atoms with Gasteiger partial charge in [0.15, 0.2) is 5.78 Å². The molecule has 1 aliphatic rings. The van der Waals surface area contributed by atoms with E-state index in [-0.39, 0.29) is 11.3 Å². The van der Waals surface area contributed by atoms with Crippen LogP contribution < -0.4 is 10.9 Å². The Morgan fingerprint density at radius 1 is 1.11 bits per heavy atom. The average Bonchev–Trinajstić information content (AvgIpc) is 2.48. The minimum absolute atomic E-state index is 0.0567. The Morgan fingerprint density at radius 2 is 1.89 bits per heavy atom. The van der Waals surface area contributed by atoms with Gasteiger partial charge in [-0.25, -0.2) is 0 Å². The summed E-state index contributed by atoms with van der Waals surface area (Å²) in [6.45, 7) is 1.45. The molecule has 0 unspecified atom stereocenters. The number of anilines is 1. The molecule has 1 N–H and O–H groups in total. The van der Waals surface area contributed by atoms with Crippen LogP contribution in [-0.4, -0.2) is 16.9 Å². The van der Waals surface area contributed by atoms with Gasteiger partial charge in [-0.15, -0.1) is 0 Å². The molecule has 4 nitrogen and oxygen atoms in total. The highest BCUT2D eigenvalue weighted by Crippen LogP contribution is 2.20. The molecule has 96 valence electrons. The van der Waals surface area contributed by atoms with Gasteiger partial charge in [-0.1, -0.05) is 30.3 Å². The van der Waals surface area contributed by atoms with E-state index >= 15 is 0 Å². The molecule has 4 heteroatoms. The van der Waals surface area contributed by atoms with Crippen LogP contribution in [0.1, 0.15) is 22.3 Å². The summed E-state index contributed by atoms with van der Waals surface area (Å²) >= 11 is 0. The summed E-state index contributed by atoms with van der Waals surface area (Å²) in [7, 11) is 0. The largest absolute Gasteiger partial charge is 0.371 e. The van der Waals surface area contributed by atoms with Gasteiger partial charge in [0.05, 0.1) is 5.56 Å². The Morgan fingerprint density at radius 3 is 2.68 bits per heavy atom. The van der Waals surface area contributed by atoms with E-state index in [1.54, 1.807) is 22.8 Å². The number of carbonyl (C=O) groups is 1. The molecular formula is C15H14N2O2. The molecule has 0 bridgehead atoms. The van der Waals surface area contributed by atoms with E-state index in [2.05, 4.69) is 5.32 Å². The van der Waals surface area contributed by atoms with Crippen LogP contribution >= 0.6 is 0 Å². The van der Waals surface area contributed by atoms with Gasteiger partial charge in [0, 0.05) is 24.7 Å². The fourth-order valence-electron chi connectivity index (χ4n) is 2.36. The first-order chi connectivity index (χ1) is 9.27. The van der Waals surface area contributed by atoms with Crippen molar-refractivity contribution in [3.05, 3.63) is 63.9 Å². The maximum atomic E-state index is 12.5. The lowest BCUT2D eigenvalue weighted by Gasteiger charge is -2.22. The summed E-state index contributed by atoms with van der Waals surface area (Å²) < 4.78 is 1.64. The van der Waals surface area contributed by atoms with Crippen LogP contribution in [0.4, 0.5) is 5.82 Å². The van der Waals surface area contributed by atoms with E-state index in [4.69, 9.17) is 0 Å². The smallest absolute Gasteiger partial charge is 0.252 e. The summed E-state index contributed by atoms with van der Waals surface area (Å²) in [4.78, 5) is 24.3. The van der Waals surface area contributed by atoms with E-state index in [1.165, 1.54) is 6.07 Å². The Kier molecular flexibility index (Phi) is 2.91. The molecule has 2 aromatic rings. The number of ketones is 1. The van der Waals surface area contributed by atoms with Gasteiger partial charge < -0.3 is 5.32 Å². The third-order valence-corrected chi connectivity index (χ3v) is 3.32. The number of hydrogen-bond donors (Lipinski definition) is 1. The lowest BCUT2D eigenvalue weighted by Crippen LogP contribution is -2.30. The van der Waals surface area contributed by atoms with Crippen molar-refractivity contribution in [1.82, 2.24) is 4.57 Å². The predicted molar refractivity (Wildman–Crippen MR) is 73.7 cm³/mol. The molecule has 0 saturated carbocycles. The molecule has 0 atom stereocenters. The molecule has 2 heterocycles. The number of pyridine rings is 1. The quantitative estimate of drug-likeness (QED) is 0.833. The van der Waals surface area contributed by atoms with E-state index in [9.17, 15) is 9.59 Å². The Labute approximate surface area is 110 Å². The van der Waals surface area contributed by atoms with Crippen LogP contribution in [0.3, 0.4) is 0 Å². The third-order valence-electron chi connectivity index (χ3n) is 3.32. The second-order valence-electron chi connectivity index (χ2n) is 4.56. The maximum absolute atomic E-state index is 12.5. The van der Waals surface area contributed by atoms with Crippen molar-refractivity contribution >= 4 is 11.6 Å². The molecule has 0 radical (unpaired) electrons. The highest BCUT2D eigenvalue weighted by molar-refractivity contribution is 6.11. The summed E-state index contributed by atoms with van der Waals surface area (Å²) in [6.07, 6.45) is 0.899. The van der Waals surface area contributed by atoms with Gasteiger partial charge in [0.25, 0.3) is 5.56 Å². The first-order valence-corrected chi connectivity index (χ1v) is 6.35. The number of nitrogens with one attached hydrogen (secondary N) is 1. The van der Waals surface area contributed by atoms with E-state index in [1.807, 2.05) is 18.2 Å². The molecule has 1 aromatic carbocycles. The molecule has 0 fully saturated rings. The number of fused-ring (bicyclic) bond motifs is 1. The monoisotopic (exact) mass is 254 g/mol. The van der Waals surface area contributed by atoms with E-state index in [0.29, 0.717) is 23.5 Å². The zero-order valence-corrected chi connectivity index (χ0v) is 10.4. The van der Waals surface area contributed by atoms with E-state index < -0.39 is 0 Å². The summed E-state index contributed by atoms with van der Waals surface area (Å²) in [6, 6.07) is 12.2. The molecule has 1 aromatic heterocycles. The molecule has 0 amide bonds.